The summed E-state index contributed by atoms with van der Waals surface area (Å²) in [6, 6.07) is 5.74. The fourth-order valence-corrected chi connectivity index (χ4v) is 3.11. The van der Waals surface area contributed by atoms with Gasteiger partial charge in [-0.3, -0.25) is 5.10 Å². The summed E-state index contributed by atoms with van der Waals surface area (Å²) in [6.07, 6.45) is 4.03. The van der Waals surface area contributed by atoms with Crippen molar-refractivity contribution in [3.8, 4) is 11.3 Å². The highest BCUT2D eigenvalue weighted by Gasteiger charge is 2.14. The lowest BCUT2D eigenvalue weighted by Crippen LogP contribution is -1.95. The maximum atomic E-state index is 10.9. The number of aromatic amines is 1. The van der Waals surface area contributed by atoms with Crippen molar-refractivity contribution in [3.63, 3.8) is 0 Å². The molecule has 0 aliphatic rings. The maximum Gasteiger partial charge on any atom is 0.353 e. The monoisotopic (exact) mass is 294 g/mol. The summed E-state index contributed by atoms with van der Waals surface area (Å²) in [5.41, 5.74) is 2.95. The van der Waals surface area contributed by atoms with Crippen molar-refractivity contribution in [2.45, 2.75) is 16.7 Å². The standard InChI is InChI=1S/C13H14N2O2S2/c1-7-4-12(19-3)8(5-11(7)18-2)9-6-10(13(16)17)15-14-9/h4-6H,1-3H3,(H,14,15)(H,16,17). The van der Waals surface area contributed by atoms with E-state index in [-0.39, 0.29) is 5.69 Å². The van der Waals surface area contributed by atoms with Crippen LogP contribution in [0.4, 0.5) is 0 Å². The van der Waals surface area contributed by atoms with Crippen molar-refractivity contribution in [2.24, 2.45) is 0 Å². The number of H-pyrrole nitrogens is 1. The number of rotatable bonds is 4. The predicted octanol–water partition coefficient (Wildman–Crippen LogP) is 3.53. The molecule has 2 rings (SSSR count). The molecule has 0 aliphatic heterocycles. The van der Waals surface area contributed by atoms with E-state index in [0.29, 0.717) is 5.69 Å². The Morgan fingerprint density at radius 3 is 2.42 bits per heavy atom. The van der Waals surface area contributed by atoms with Crippen LogP contribution in [0, 0.1) is 6.92 Å². The molecule has 0 bridgehead atoms. The molecule has 2 aromatic rings. The molecule has 4 nitrogen and oxygen atoms in total. The van der Waals surface area contributed by atoms with Crippen molar-refractivity contribution < 1.29 is 9.90 Å². The number of carboxylic acids is 1. The van der Waals surface area contributed by atoms with Gasteiger partial charge in [0.25, 0.3) is 0 Å². The van der Waals surface area contributed by atoms with Gasteiger partial charge in [-0.1, -0.05) is 0 Å². The second-order valence-corrected chi connectivity index (χ2v) is 5.69. The molecule has 0 aliphatic carbocycles. The minimum absolute atomic E-state index is 0.105. The first-order chi connectivity index (χ1) is 9.06. The molecule has 1 heterocycles. The third-order valence-corrected chi connectivity index (χ3v) is 4.46. The van der Waals surface area contributed by atoms with Crippen LogP contribution in [0.5, 0.6) is 0 Å². The number of nitrogens with one attached hydrogen (secondary N) is 1. The average molecular weight is 294 g/mol. The first-order valence-electron chi connectivity index (χ1n) is 5.58. The second-order valence-electron chi connectivity index (χ2n) is 3.99. The van der Waals surface area contributed by atoms with E-state index in [4.69, 9.17) is 5.11 Å². The predicted molar refractivity (Wildman–Crippen MR) is 79.3 cm³/mol. The van der Waals surface area contributed by atoms with Gasteiger partial charge in [0.05, 0.1) is 5.69 Å². The smallest absolute Gasteiger partial charge is 0.353 e. The average Bonchev–Trinajstić information content (AvgIpc) is 2.88. The van der Waals surface area contributed by atoms with Crippen LogP contribution in [0.2, 0.25) is 0 Å². The molecule has 19 heavy (non-hydrogen) atoms. The number of aromatic carboxylic acids is 1. The summed E-state index contributed by atoms with van der Waals surface area (Å²) in [5.74, 6) is -0.998. The van der Waals surface area contributed by atoms with Crippen LogP contribution < -0.4 is 0 Å². The number of benzene rings is 1. The topological polar surface area (TPSA) is 66.0 Å². The maximum absolute atomic E-state index is 10.9. The van der Waals surface area contributed by atoms with Crippen molar-refractivity contribution >= 4 is 29.5 Å². The number of hydrogen-bond acceptors (Lipinski definition) is 4. The molecule has 0 amide bonds. The molecule has 0 fully saturated rings. The normalized spacial score (nSPS) is 10.7. The number of hydrogen-bond donors (Lipinski definition) is 2. The highest BCUT2D eigenvalue weighted by atomic mass is 32.2. The highest BCUT2D eigenvalue weighted by Crippen LogP contribution is 2.35. The van der Waals surface area contributed by atoms with E-state index in [2.05, 4.69) is 29.3 Å². The molecule has 0 saturated heterocycles. The van der Waals surface area contributed by atoms with Crippen LogP contribution in [-0.2, 0) is 0 Å². The number of carboxylic acid groups (broad SMARTS) is 1. The Bertz CT molecular complexity index is 623. The van der Waals surface area contributed by atoms with E-state index >= 15 is 0 Å². The molecule has 2 N–H and O–H groups in total. The van der Waals surface area contributed by atoms with Gasteiger partial charge >= 0.3 is 5.97 Å². The number of thioether (sulfide) groups is 2. The van der Waals surface area contributed by atoms with E-state index in [1.807, 2.05) is 12.5 Å². The molecule has 0 radical (unpaired) electrons. The fourth-order valence-electron chi connectivity index (χ4n) is 1.82. The Hall–Kier alpha value is -1.40. The van der Waals surface area contributed by atoms with Crippen molar-refractivity contribution in [1.29, 1.82) is 0 Å². The molecular formula is C13H14N2O2S2. The lowest BCUT2D eigenvalue weighted by Gasteiger charge is -2.10. The van der Waals surface area contributed by atoms with E-state index in [9.17, 15) is 4.79 Å². The van der Waals surface area contributed by atoms with E-state index < -0.39 is 5.97 Å². The van der Waals surface area contributed by atoms with Crippen molar-refractivity contribution in [1.82, 2.24) is 10.2 Å². The molecule has 1 aromatic heterocycles. The molecule has 0 unspecified atom stereocenters. The van der Waals surface area contributed by atoms with Gasteiger partial charge in [0.2, 0.25) is 0 Å². The zero-order valence-electron chi connectivity index (χ0n) is 10.9. The Morgan fingerprint density at radius 1 is 1.21 bits per heavy atom. The SMILES string of the molecule is CSc1cc(-c2cc(C(=O)O)[nH]n2)c(SC)cc1C. The molecule has 0 saturated carbocycles. The van der Waals surface area contributed by atoms with Gasteiger partial charge in [0, 0.05) is 15.4 Å². The lowest BCUT2D eigenvalue weighted by molar-refractivity contribution is 0.0690. The van der Waals surface area contributed by atoms with Gasteiger partial charge < -0.3 is 5.11 Å². The van der Waals surface area contributed by atoms with Gasteiger partial charge in [-0.25, -0.2) is 4.79 Å². The summed E-state index contributed by atoms with van der Waals surface area (Å²) in [7, 11) is 0. The summed E-state index contributed by atoms with van der Waals surface area (Å²) in [4.78, 5) is 13.2. The zero-order valence-corrected chi connectivity index (χ0v) is 12.5. The number of carbonyl (C=O) groups is 1. The molecule has 0 spiro atoms. The van der Waals surface area contributed by atoms with Gasteiger partial charge in [0.15, 0.2) is 0 Å². The Labute approximate surface area is 120 Å². The molecular weight excluding hydrogens is 280 g/mol. The molecule has 100 valence electrons. The summed E-state index contributed by atoms with van der Waals surface area (Å²) < 4.78 is 0. The molecule has 6 heteroatoms. The Balaban J connectivity index is 2.55. The van der Waals surface area contributed by atoms with Crippen molar-refractivity contribution in [2.75, 3.05) is 12.5 Å². The van der Waals surface area contributed by atoms with Crippen LogP contribution in [0.15, 0.2) is 28.0 Å². The van der Waals surface area contributed by atoms with E-state index in [1.54, 1.807) is 29.6 Å². The van der Waals surface area contributed by atoms with Crippen molar-refractivity contribution in [3.05, 3.63) is 29.5 Å². The quantitative estimate of drug-likeness (QED) is 0.844. The fraction of sp³-hybridized carbons (Fsp3) is 0.231. The first-order valence-corrected chi connectivity index (χ1v) is 8.03. The Kier molecular flexibility index (Phi) is 4.21. The highest BCUT2D eigenvalue weighted by molar-refractivity contribution is 7.99. The molecule has 0 atom stereocenters. The molecule has 1 aromatic carbocycles. The second kappa shape index (κ2) is 5.71. The minimum atomic E-state index is -0.998. The van der Waals surface area contributed by atoms with Gasteiger partial charge in [-0.15, -0.1) is 23.5 Å². The third kappa shape index (κ3) is 2.79. The number of aromatic nitrogens is 2. The Morgan fingerprint density at radius 2 is 1.89 bits per heavy atom. The van der Waals surface area contributed by atoms with Gasteiger partial charge in [0.1, 0.15) is 5.69 Å². The van der Waals surface area contributed by atoms with E-state index in [1.165, 1.54) is 10.5 Å². The minimum Gasteiger partial charge on any atom is -0.477 e. The van der Waals surface area contributed by atoms with Gasteiger partial charge in [-0.05, 0) is 43.2 Å². The first kappa shape index (κ1) is 14.0. The van der Waals surface area contributed by atoms with Crippen LogP contribution >= 0.6 is 23.5 Å². The van der Waals surface area contributed by atoms with Crippen LogP contribution in [0.25, 0.3) is 11.3 Å². The lowest BCUT2D eigenvalue weighted by atomic mass is 10.1. The number of aryl methyl sites for hydroxylation is 1. The third-order valence-electron chi connectivity index (χ3n) is 2.80. The summed E-state index contributed by atoms with van der Waals surface area (Å²) in [6.45, 7) is 2.07. The largest absolute Gasteiger partial charge is 0.477 e. The van der Waals surface area contributed by atoms with Crippen LogP contribution in [-0.4, -0.2) is 33.8 Å². The summed E-state index contributed by atoms with van der Waals surface area (Å²) in [5, 5.41) is 15.6. The zero-order chi connectivity index (χ0) is 14.0. The van der Waals surface area contributed by atoms with Crippen LogP contribution in [0.3, 0.4) is 0 Å². The van der Waals surface area contributed by atoms with E-state index in [0.717, 1.165) is 10.5 Å². The van der Waals surface area contributed by atoms with Crippen LogP contribution in [0.1, 0.15) is 16.1 Å². The number of nitrogens with zero attached hydrogens (tertiary/aromatic N) is 1. The van der Waals surface area contributed by atoms with Gasteiger partial charge in [-0.2, -0.15) is 5.10 Å². The summed E-state index contributed by atoms with van der Waals surface area (Å²) >= 11 is 3.30.